The van der Waals surface area contributed by atoms with Crippen LogP contribution < -0.4 is 24.8 Å². The molecule has 0 N–H and O–H groups in total. The topological polar surface area (TPSA) is 0 Å². The molecule has 1 saturated heterocycles. The van der Waals surface area contributed by atoms with Crippen molar-refractivity contribution in [3.05, 3.63) is 129 Å². The van der Waals surface area contributed by atoms with E-state index in [1.54, 1.807) is 30.6 Å². The van der Waals surface area contributed by atoms with Crippen LogP contribution in [-0.4, -0.2) is 0 Å². The summed E-state index contributed by atoms with van der Waals surface area (Å²) in [5.41, 5.74) is 19.2. The predicted octanol–water partition coefficient (Wildman–Crippen LogP) is 7.89. The second kappa shape index (κ2) is 15.7. The van der Waals surface area contributed by atoms with Gasteiger partial charge in [0.2, 0.25) is 0 Å². The Morgan fingerprint density at radius 3 is 1.25 bits per heavy atom. The first-order chi connectivity index (χ1) is 24.2. The fourth-order valence-corrected chi connectivity index (χ4v) is 39.2. The van der Waals surface area contributed by atoms with E-state index in [-0.39, 0.29) is 24.8 Å². The van der Waals surface area contributed by atoms with E-state index >= 15 is 0 Å². The summed E-state index contributed by atoms with van der Waals surface area (Å²) in [7, 11) is 0. The molecule has 9 rings (SSSR count). The Morgan fingerprint density at radius 1 is 0.510 bits per heavy atom. The summed E-state index contributed by atoms with van der Waals surface area (Å²) in [5, 5.41) is 0. The Hall–Kier alpha value is -2.19. The smallest absolute Gasteiger partial charge is 1.00 e. The first-order valence-corrected chi connectivity index (χ1v) is 29.3. The standard InChI is InChI=1S/2C23H25.C2H4.2ClH.Hf/c2*1-2-6-17-11-13-19(14-12-17)22-10-5-9-20-15-21(16-23(20)22)18-7-3-4-8-18;1-2;;;/h2*5,9-16,18H,2-4,6-8H2,1H3;1-2H2;2*1H;/q;;;;;+2/p-2. The summed E-state index contributed by atoms with van der Waals surface area (Å²) in [6.45, 7) is 4.57. The molecule has 0 radical (unpaired) electrons. The van der Waals surface area contributed by atoms with Crippen molar-refractivity contribution in [1.29, 1.82) is 0 Å². The number of fused-ring (bicyclic) bond motifs is 2. The summed E-state index contributed by atoms with van der Waals surface area (Å²) in [5.74, 6) is 1.59. The molecule has 5 aliphatic rings. The molecule has 2 saturated carbocycles. The van der Waals surface area contributed by atoms with Gasteiger partial charge in [-0.3, -0.25) is 0 Å². The van der Waals surface area contributed by atoms with Crippen LogP contribution in [0.4, 0.5) is 0 Å². The molecular formula is C48H54Cl2Hf. The van der Waals surface area contributed by atoms with Gasteiger partial charge < -0.3 is 24.8 Å². The van der Waals surface area contributed by atoms with Gasteiger partial charge in [-0.15, -0.1) is 0 Å². The van der Waals surface area contributed by atoms with Gasteiger partial charge in [-0.2, -0.15) is 0 Å². The zero-order valence-corrected chi connectivity index (χ0v) is 35.8. The van der Waals surface area contributed by atoms with Crippen molar-refractivity contribution in [2.45, 2.75) is 107 Å². The van der Waals surface area contributed by atoms with Crippen molar-refractivity contribution in [2.24, 2.45) is 11.8 Å². The Morgan fingerprint density at radius 2 is 0.902 bits per heavy atom. The van der Waals surface area contributed by atoms with E-state index in [2.05, 4.69) is 111 Å². The minimum absolute atomic E-state index is 0. The van der Waals surface area contributed by atoms with Gasteiger partial charge in [-0.05, 0) is 0 Å². The maximum atomic E-state index is 2.79. The van der Waals surface area contributed by atoms with Gasteiger partial charge in [0.15, 0.2) is 0 Å². The molecule has 0 nitrogen and oxygen atoms in total. The molecule has 2 unspecified atom stereocenters. The number of rotatable bonds is 10. The molecule has 0 aromatic heterocycles. The van der Waals surface area contributed by atoms with Crippen LogP contribution >= 0.6 is 0 Å². The molecule has 4 aromatic carbocycles. The summed E-state index contributed by atoms with van der Waals surface area (Å²) in [4.78, 5) is 0. The predicted molar refractivity (Wildman–Crippen MR) is 207 cm³/mol. The molecule has 2 atom stereocenters. The van der Waals surface area contributed by atoms with Crippen LogP contribution in [0.3, 0.4) is 0 Å². The van der Waals surface area contributed by atoms with E-state index in [1.165, 1.54) is 110 Å². The largest absolute Gasteiger partial charge is 1.00 e. The minimum atomic E-state index is -3.01. The number of aryl methyl sites for hydroxylation is 2. The number of allylic oxidation sites excluding steroid dienone is 2. The van der Waals surface area contributed by atoms with Crippen LogP contribution in [0.5, 0.6) is 0 Å². The van der Waals surface area contributed by atoms with E-state index in [9.17, 15) is 0 Å². The Balaban J connectivity index is 0.00000203. The third-order valence-electron chi connectivity index (χ3n) is 13.4. The maximum Gasteiger partial charge on any atom is -1.00 e. The van der Waals surface area contributed by atoms with Gasteiger partial charge >= 0.3 is 302 Å². The van der Waals surface area contributed by atoms with Crippen LogP contribution in [-0.2, 0) is 32.8 Å². The SMILES string of the molecule is CCCc1ccc(-c2cccc3c2C=C(C2CCCC2)[CH]3[Hf+2]2([CH]3C(C4CCCC4)=Cc4c(-c5ccc(CCC)cc5)cccc43)[CH2][CH2]2)cc1.[Cl-].[Cl-]. The quantitative estimate of drug-likeness (QED) is 0.142. The Labute approximate surface area is 324 Å². The van der Waals surface area contributed by atoms with Crippen molar-refractivity contribution in [3.63, 3.8) is 0 Å². The first kappa shape index (κ1) is 37.1. The van der Waals surface area contributed by atoms with Crippen molar-refractivity contribution >= 4 is 12.2 Å². The summed E-state index contributed by atoms with van der Waals surface area (Å²) >= 11 is -3.01. The van der Waals surface area contributed by atoms with E-state index in [4.69, 9.17) is 0 Å². The molecule has 4 aliphatic carbocycles. The van der Waals surface area contributed by atoms with Gasteiger partial charge in [0.25, 0.3) is 0 Å². The van der Waals surface area contributed by atoms with Crippen molar-refractivity contribution in [2.75, 3.05) is 0 Å². The molecule has 1 heterocycles. The third-order valence-corrected chi connectivity index (χ3v) is 32.3. The van der Waals surface area contributed by atoms with Crippen molar-refractivity contribution in [3.8, 4) is 22.3 Å². The van der Waals surface area contributed by atoms with Crippen molar-refractivity contribution < 1.29 is 44.8 Å². The van der Waals surface area contributed by atoms with Gasteiger partial charge in [-0.25, -0.2) is 0 Å². The fourth-order valence-electron chi connectivity index (χ4n) is 11.0. The summed E-state index contributed by atoms with van der Waals surface area (Å²) in [6.07, 6.45) is 21.6. The minimum Gasteiger partial charge on any atom is -1.00 e. The Kier molecular flexibility index (Phi) is 11.4. The summed E-state index contributed by atoms with van der Waals surface area (Å²) in [6, 6.07) is 34.1. The first-order valence-electron chi connectivity index (χ1n) is 20.1. The fraction of sp³-hybridized carbons (Fsp3) is 0.417. The molecule has 3 fully saturated rings. The molecule has 1 aliphatic heterocycles. The molecule has 0 bridgehead atoms. The molecule has 264 valence electrons. The normalized spacial score (nSPS) is 21.1. The molecular weight excluding hydrogens is 826 g/mol. The molecule has 51 heavy (non-hydrogen) atoms. The van der Waals surface area contributed by atoms with Crippen LogP contribution in [0.25, 0.3) is 34.4 Å². The molecule has 0 spiro atoms. The van der Waals surface area contributed by atoms with Crippen LogP contribution in [0, 0.1) is 11.8 Å². The molecule has 3 heteroatoms. The molecule has 0 amide bonds. The molecule has 4 aromatic rings. The zero-order chi connectivity index (χ0) is 33.0. The van der Waals surface area contributed by atoms with E-state index < -0.39 is 20.0 Å². The van der Waals surface area contributed by atoms with E-state index in [0.29, 0.717) is 0 Å². The maximum absolute atomic E-state index is 3.01. The summed E-state index contributed by atoms with van der Waals surface area (Å²) < 4.78 is 4.65. The zero-order valence-electron chi connectivity index (χ0n) is 30.7. The monoisotopic (exact) mass is 880 g/mol. The third kappa shape index (κ3) is 6.65. The van der Waals surface area contributed by atoms with Gasteiger partial charge in [0.1, 0.15) is 0 Å². The number of hydrogen-bond donors (Lipinski definition) is 0. The number of hydrogen-bond acceptors (Lipinski definition) is 0. The van der Waals surface area contributed by atoms with Gasteiger partial charge in [0.05, 0.1) is 0 Å². The van der Waals surface area contributed by atoms with E-state index in [0.717, 1.165) is 19.2 Å². The van der Waals surface area contributed by atoms with Crippen LogP contribution in [0.1, 0.15) is 119 Å². The van der Waals surface area contributed by atoms with Crippen molar-refractivity contribution in [1.82, 2.24) is 0 Å². The van der Waals surface area contributed by atoms with E-state index in [1.807, 2.05) is 11.1 Å². The number of benzene rings is 4. The second-order valence-electron chi connectivity index (χ2n) is 16.4. The van der Waals surface area contributed by atoms with Gasteiger partial charge in [-0.1, -0.05) is 0 Å². The second-order valence-corrected chi connectivity index (χ2v) is 33.0. The number of halogens is 2. The average molecular weight is 880 g/mol. The van der Waals surface area contributed by atoms with Crippen LogP contribution in [0.2, 0.25) is 8.35 Å². The van der Waals surface area contributed by atoms with Crippen LogP contribution in [0.15, 0.2) is 96.1 Å². The Bertz CT molecular complexity index is 1760. The average Bonchev–Trinajstić information content (AvgIpc) is 3.66. The van der Waals surface area contributed by atoms with Gasteiger partial charge in [0, 0.05) is 0 Å².